The summed E-state index contributed by atoms with van der Waals surface area (Å²) in [7, 11) is 0. The topological polar surface area (TPSA) is 94.5 Å². The van der Waals surface area contributed by atoms with Gasteiger partial charge in [-0.1, -0.05) is 0 Å². The number of hydrogen-bond acceptors (Lipinski definition) is 6. The molecule has 7 heteroatoms. The molecule has 1 aromatic rings. The third-order valence-electron chi connectivity index (χ3n) is 2.57. The van der Waals surface area contributed by atoms with E-state index in [1.807, 2.05) is 4.90 Å². The number of aromatic nitrogens is 1. The van der Waals surface area contributed by atoms with Crippen molar-refractivity contribution in [1.82, 2.24) is 4.98 Å². The quantitative estimate of drug-likeness (QED) is 0.605. The van der Waals surface area contributed by atoms with E-state index in [-0.39, 0.29) is 11.5 Å². The maximum absolute atomic E-state index is 10.7. The molecule has 17 heavy (non-hydrogen) atoms. The van der Waals surface area contributed by atoms with Gasteiger partial charge in [0.15, 0.2) is 0 Å². The highest BCUT2D eigenvalue weighted by molar-refractivity contribution is 5.54. The Morgan fingerprint density at radius 3 is 3.00 bits per heavy atom. The molecular weight excluding hydrogens is 224 g/mol. The number of hydrogen-bond donors (Lipinski definition) is 1. The summed E-state index contributed by atoms with van der Waals surface area (Å²) in [6.07, 6.45) is 0.879. The van der Waals surface area contributed by atoms with Gasteiger partial charge in [0.2, 0.25) is 0 Å². The fourth-order valence-electron chi connectivity index (χ4n) is 1.76. The zero-order valence-corrected chi connectivity index (χ0v) is 9.33. The van der Waals surface area contributed by atoms with Crippen LogP contribution in [0.3, 0.4) is 0 Å². The third-order valence-corrected chi connectivity index (χ3v) is 2.57. The molecule has 92 valence electrons. The van der Waals surface area contributed by atoms with Crippen LogP contribution in [0, 0.1) is 10.1 Å². The molecule has 7 nitrogen and oxygen atoms in total. The first-order chi connectivity index (χ1) is 8.16. The molecule has 1 aliphatic rings. The van der Waals surface area contributed by atoms with Gasteiger partial charge in [0.05, 0.1) is 23.7 Å². The van der Waals surface area contributed by atoms with Crippen molar-refractivity contribution in [3.05, 3.63) is 22.2 Å². The minimum Gasteiger partial charge on any atom is -0.383 e. The highest BCUT2D eigenvalue weighted by Crippen LogP contribution is 2.22. The average molecular weight is 238 g/mol. The van der Waals surface area contributed by atoms with Crippen molar-refractivity contribution in [2.75, 3.05) is 36.9 Å². The standard InChI is InChI=1S/C10H14N4O3/c11-9-6-8(14(15)16)7-10(12-9)13-2-1-4-17-5-3-13/h6-7H,1-5H2,(H2,11,12). The van der Waals surface area contributed by atoms with Crippen LogP contribution in [0.25, 0.3) is 0 Å². The van der Waals surface area contributed by atoms with Gasteiger partial charge in [-0.15, -0.1) is 0 Å². The number of nitro groups is 1. The van der Waals surface area contributed by atoms with E-state index < -0.39 is 4.92 Å². The summed E-state index contributed by atoms with van der Waals surface area (Å²) in [4.78, 5) is 16.4. The van der Waals surface area contributed by atoms with Crippen molar-refractivity contribution in [1.29, 1.82) is 0 Å². The minimum absolute atomic E-state index is 0.0299. The van der Waals surface area contributed by atoms with Crippen LogP contribution in [0.15, 0.2) is 12.1 Å². The zero-order valence-electron chi connectivity index (χ0n) is 9.33. The van der Waals surface area contributed by atoms with Crippen molar-refractivity contribution < 1.29 is 9.66 Å². The Hall–Kier alpha value is -1.89. The molecule has 0 atom stereocenters. The second kappa shape index (κ2) is 4.96. The van der Waals surface area contributed by atoms with Crippen LogP contribution in [0.5, 0.6) is 0 Å². The molecule has 0 aromatic carbocycles. The van der Waals surface area contributed by atoms with Gasteiger partial charge in [-0.05, 0) is 6.42 Å². The molecule has 0 amide bonds. The largest absolute Gasteiger partial charge is 0.383 e. The van der Waals surface area contributed by atoms with Gasteiger partial charge in [0.25, 0.3) is 5.69 Å². The molecule has 0 radical (unpaired) electrons. The number of anilines is 2. The number of ether oxygens (including phenoxy) is 1. The first kappa shape index (κ1) is 11.6. The lowest BCUT2D eigenvalue weighted by Crippen LogP contribution is -2.27. The first-order valence-corrected chi connectivity index (χ1v) is 5.41. The molecule has 0 unspecified atom stereocenters. The van der Waals surface area contributed by atoms with Gasteiger partial charge >= 0.3 is 0 Å². The first-order valence-electron chi connectivity index (χ1n) is 5.41. The van der Waals surface area contributed by atoms with Crippen molar-refractivity contribution in [2.24, 2.45) is 0 Å². The van der Waals surface area contributed by atoms with Crippen molar-refractivity contribution in [3.63, 3.8) is 0 Å². The lowest BCUT2D eigenvalue weighted by atomic mass is 10.3. The molecule has 2 N–H and O–H groups in total. The second-order valence-electron chi connectivity index (χ2n) is 3.82. The van der Waals surface area contributed by atoms with Gasteiger partial charge < -0.3 is 15.4 Å². The monoisotopic (exact) mass is 238 g/mol. The van der Waals surface area contributed by atoms with Crippen LogP contribution in [0.1, 0.15) is 6.42 Å². The van der Waals surface area contributed by atoms with Crippen LogP contribution in [-0.4, -0.2) is 36.2 Å². The van der Waals surface area contributed by atoms with Crippen LogP contribution >= 0.6 is 0 Å². The predicted octanol–water partition coefficient (Wildman–Crippen LogP) is 0.799. The predicted molar refractivity (Wildman–Crippen MR) is 63.0 cm³/mol. The number of nitrogen functional groups attached to an aromatic ring is 1. The number of nitrogens with two attached hydrogens (primary N) is 1. The molecule has 1 fully saturated rings. The van der Waals surface area contributed by atoms with E-state index in [2.05, 4.69) is 4.98 Å². The Balaban J connectivity index is 2.27. The molecule has 0 spiro atoms. The van der Waals surface area contributed by atoms with Gasteiger partial charge in [0.1, 0.15) is 11.6 Å². The Kier molecular flexibility index (Phi) is 3.38. The van der Waals surface area contributed by atoms with Gasteiger partial charge in [-0.25, -0.2) is 4.98 Å². The van der Waals surface area contributed by atoms with E-state index in [9.17, 15) is 10.1 Å². The SMILES string of the molecule is Nc1cc([N+](=O)[O-])cc(N2CCCOCC2)n1. The Morgan fingerprint density at radius 1 is 1.41 bits per heavy atom. The summed E-state index contributed by atoms with van der Waals surface area (Å²) >= 11 is 0. The smallest absolute Gasteiger partial charge is 0.276 e. The van der Waals surface area contributed by atoms with Gasteiger partial charge in [0, 0.05) is 19.7 Å². The van der Waals surface area contributed by atoms with Crippen LogP contribution in [0.2, 0.25) is 0 Å². The molecule has 1 aromatic heterocycles. The normalized spacial score (nSPS) is 16.6. The van der Waals surface area contributed by atoms with Crippen molar-refractivity contribution >= 4 is 17.3 Å². The zero-order chi connectivity index (χ0) is 12.3. The van der Waals surface area contributed by atoms with Gasteiger partial charge in [-0.3, -0.25) is 10.1 Å². The Morgan fingerprint density at radius 2 is 2.24 bits per heavy atom. The lowest BCUT2D eigenvalue weighted by Gasteiger charge is -2.20. The summed E-state index contributed by atoms with van der Waals surface area (Å²) in [6.45, 7) is 2.76. The summed E-state index contributed by atoms with van der Waals surface area (Å²) < 4.78 is 5.32. The van der Waals surface area contributed by atoms with Crippen molar-refractivity contribution in [3.8, 4) is 0 Å². The summed E-state index contributed by atoms with van der Waals surface area (Å²) in [5, 5.41) is 10.7. The number of nitrogens with zero attached hydrogens (tertiary/aromatic N) is 3. The highest BCUT2D eigenvalue weighted by Gasteiger charge is 2.16. The van der Waals surface area contributed by atoms with E-state index in [0.717, 1.165) is 13.0 Å². The maximum Gasteiger partial charge on any atom is 0.276 e. The molecule has 1 saturated heterocycles. The fourth-order valence-corrected chi connectivity index (χ4v) is 1.76. The Bertz CT molecular complexity index is 416. The molecule has 1 aliphatic heterocycles. The Labute approximate surface area is 98.3 Å². The van der Waals surface area contributed by atoms with E-state index in [0.29, 0.717) is 25.6 Å². The van der Waals surface area contributed by atoms with Gasteiger partial charge in [-0.2, -0.15) is 0 Å². The van der Waals surface area contributed by atoms with E-state index in [4.69, 9.17) is 10.5 Å². The molecule has 0 aliphatic carbocycles. The minimum atomic E-state index is -0.462. The number of pyridine rings is 1. The van der Waals surface area contributed by atoms with Crippen LogP contribution in [-0.2, 0) is 4.74 Å². The average Bonchev–Trinajstić information content (AvgIpc) is 2.56. The summed E-state index contributed by atoms with van der Waals surface area (Å²) in [6, 6.07) is 2.71. The maximum atomic E-state index is 10.7. The fraction of sp³-hybridized carbons (Fsp3) is 0.500. The van der Waals surface area contributed by atoms with E-state index in [1.54, 1.807) is 0 Å². The van der Waals surface area contributed by atoms with Crippen molar-refractivity contribution in [2.45, 2.75) is 6.42 Å². The second-order valence-corrected chi connectivity index (χ2v) is 3.82. The molecular formula is C10H14N4O3. The summed E-state index contributed by atoms with van der Waals surface area (Å²) in [5.74, 6) is 0.710. The summed E-state index contributed by atoms with van der Waals surface area (Å²) in [5.41, 5.74) is 5.54. The van der Waals surface area contributed by atoms with E-state index in [1.165, 1.54) is 12.1 Å². The van der Waals surface area contributed by atoms with E-state index >= 15 is 0 Å². The number of rotatable bonds is 2. The van der Waals surface area contributed by atoms with Crippen LogP contribution in [0.4, 0.5) is 17.3 Å². The highest BCUT2D eigenvalue weighted by atomic mass is 16.6. The molecule has 0 saturated carbocycles. The molecule has 0 bridgehead atoms. The third kappa shape index (κ3) is 2.82. The molecule has 2 heterocycles. The molecule has 2 rings (SSSR count). The van der Waals surface area contributed by atoms with Crippen LogP contribution < -0.4 is 10.6 Å². The lowest BCUT2D eigenvalue weighted by molar-refractivity contribution is -0.384.